The fourth-order valence-corrected chi connectivity index (χ4v) is 2.18. The molecule has 1 aromatic rings. The molecular weight excluding hydrogens is 222 g/mol. The maximum absolute atomic E-state index is 10.9. The fraction of sp³-hybridized carbons (Fsp3) is 0.455. The van der Waals surface area contributed by atoms with Crippen LogP contribution in [0.5, 0.6) is 0 Å². The summed E-state index contributed by atoms with van der Waals surface area (Å²) in [5.41, 5.74) is 5.19. The van der Waals surface area contributed by atoms with Crippen LogP contribution in [0.2, 0.25) is 0 Å². The molecule has 0 saturated carbocycles. The molecule has 0 saturated heterocycles. The van der Waals surface area contributed by atoms with Crippen molar-refractivity contribution < 1.29 is 4.79 Å². The average molecular weight is 237 g/mol. The minimum Gasteiger partial charge on any atom is -0.369 e. The smallest absolute Gasteiger partial charge is 0.231 e. The molecule has 0 atom stereocenters. The summed E-state index contributed by atoms with van der Waals surface area (Å²) in [7, 11) is 0. The normalized spacial score (nSPS) is 10.7. The fourth-order valence-electron chi connectivity index (χ4n) is 1.34. The van der Waals surface area contributed by atoms with Crippen molar-refractivity contribution in [2.75, 3.05) is 6.54 Å². The summed E-state index contributed by atoms with van der Waals surface area (Å²) >= 11 is 1.45. The van der Waals surface area contributed by atoms with Crippen molar-refractivity contribution in [3.8, 4) is 6.07 Å². The van der Waals surface area contributed by atoms with Crippen LogP contribution in [0.3, 0.4) is 0 Å². The lowest BCUT2D eigenvalue weighted by molar-refractivity contribution is -0.119. The van der Waals surface area contributed by atoms with Gasteiger partial charge in [-0.25, -0.2) is 0 Å². The van der Waals surface area contributed by atoms with E-state index in [0.717, 1.165) is 4.88 Å². The quantitative estimate of drug-likeness (QED) is 0.839. The maximum atomic E-state index is 10.9. The zero-order chi connectivity index (χ0) is 12.1. The van der Waals surface area contributed by atoms with Gasteiger partial charge < -0.3 is 5.73 Å². The number of hydrogen-bond donors (Lipinski definition) is 1. The van der Waals surface area contributed by atoms with Gasteiger partial charge >= 0.3 is 0 Å². The minimum absolute atomic E-state index is 0.247. The zero-order valence-corrected chi connectivity index (χ0v) is 10.3. The number of thiophene rings is 1. The summed E-state index contributed by atoms with van der Waals surface area (Å²) in [4.78, 5) is 14.6. The summed E-state index contributed by atoms with van der Waals surface area (Å²) < 4.78 is 0. The van der Waals surface area contributed by atoms with Crippen molar-refractivity contribution in [2.45, 2.75) is 26.4 Å². The average Bonchev–Trinajstić information content (AvgIpc) is 2.63. The van der Waals surface area contributed by atoms with E-state index in [1.807, 2.05) is 24.8 Å². The highest BCUT2D eigenvalue weighted by Crippen LogP contribution is 2.18. The summed E-state index contributed by atoms with van der Waals surface area (Å²) in [5, 5.41) is 8.71. The lowest BCUT2D eigenvalue weighted by atomic mass is 10.3. The Morgan fingerprint density at radius 2 is 2.31 bits per heavy atom. The molecule has 86 valence electrons. The monoisotopic (exact) mass is 237 g/mol. The number of carbonyl (C=O) groups is 1. The van der Waals surface area contributed by atoms with Gasteiger partial charge in [-0.2, -0.15) is 5.26 Å². The van der Waals surface area contributed by atoms with Crippen molar-refractivity contribution in [3.63, 3.8) is 0 Å². The van der Waals surface area contributed by atoms with E-state index in [1.54, 1.807) is 6.07 Å². The van der Waals surface area contributed by atoms with Crippen molar-refractivity contribution >= 4 is 17.2 Å². The molecule has 0 aliphatic heterocycles. The molecule has 5 heteroatoms. The van der Waals surface area contributed by atoms with Crippen LogP contribution < -0.4 is 5.73 Å². The van der Waals surface area contributed by atoms with E-state index in [0.29, 0.717) is 11.4 Å². The second-order valence-electron chi connectivity index (χ2n) is 3.84. The third kappa shape index (κ3) is 3.65. The molecule has 1 amide bonds. The molecule has 2 N–H and O–H groups in total. The van der Waals surface area contributed by atoms with Gasteiger partial charge in [0, 0.05) is 17.5 Å². The number of nitrogens with zero attached hydrogens (tertiary/aromatic N) is 2. The van der Waals surface area contributed by atoms with Crippen LogP contribution in [-0.4, -0.2) is 23.4 Å². The van der Waals surface area contributed by atoms with E-state index in [9.17, 15) is 4.79 Å². The van der Waals surface area contributed by atoms with E-state index in [2.05, 4.69) is 6.07 Å². The number of nitriles is 1. The molecule has 4 nitrogen and oxygen atoms in total. The summed E-state index contributed by atoms with van der Waals surface area (Å²) in [6.07, 6.45) is 0. The Bertz CT molecular complexity index is 406. The molecule has 0 radical (unpaired) electrons. The van der Waals surface area contributed by atoms with Crippen LogP contribution >= 0.6 is 11.3 Å². The first-order valence-electron chi connectivity index (χ1n) is 5.04. The maximum Gasteiger partial charge on any atom is 0.231 e. The van der Waals surface area contributed by atoms with Gasteiger partial charge in [0.05, 0.1) is 6.54 Å². The van der Waals surface area contributed by atoms with Gasteiger partial charge in [-0.3, -0.25) is 9.69 Å². The molecule has 16 heavy (non-hydrogen) atoms. The molecule has 0 fully saturated rings. The number of hydrogen-bond acceptors (Lipinski definition) is 4. The van der Waals surface area contributed by atoms with Crippen LogP contribution in [-0.2, 0) is 11.3 Å². The summed E-state index contributed by atoms with van der Waals surface area (Å²) in [5.74, 6) is -0.328. The van der Waals surface area contributed by atoms with E-state index in [-0.39, 0.29) is 18.5 Å². The van der Waals surface area contributed by atoms with E-state index in [4.69, 9.17) is 11.0 Å². The lowest BCUT2D eigenvalue weighted by Gasteiger charge is -2.24. The molecule has 1 aromatic heterocycles. The molecule has 0 unspecified atom stereocenters. The predicted molar refractivity (Wildman–Crippen MR) is 63.8 cm³/mol. The third-order valence-electron chi connectivity index (χ3n) is 2.22. The Morgan fingerprint density at radius 1 is 1.62 bits per heavy atom. The van der Waals surface area contributed by atoms with Gasteiger partial charge in [0.1, 0.15) is 10.9 Å². The van der Waals surface area contributed by atoms with Crippen LogP contribution in [0.1, 0.15) is 23.6 Å². The van der Waals surface area contributed by atoms with Crippen LogP contribution in [0.4, 0.5) is 0 Å². The Hall–Kier alpha value is -1.38. The zero-order valence-electron chi connectivity index (χ0n) is 9.43. The number of rotatable bonds is 5. The first kappa shape index (κ1) is 12.7. The molecular formula is C11H15N3OS. The van der Waals surface area contributed by atoms with Gasteiger partial charge in [-0.15, -0.1) is 11.3 Å². The van der Waals surface area contributed by atoms with Gasteiger partial charge in [-0.1, -0.05) is 0 Å². The second-order valence-corrected chi connectivity index (χ2v) is 5.01. The highest BCUT2D eigenvalue weighted by atomic mass is 32.1. The van der Waals surface area contributed by atoms with Crippen molar-refractivity contribution in [3.05, 3.63) is 21.9 Å². The molecule has 1 rings (SSSR count). The van der Waals surface area contributed by atoms with Crippen LogP contribution in [0.15, 0.2) is 12.1 Å². The van der Waals surface area contributed by atoms with Crippen molar-refractivity contribution in [2.24, 2.45) is 5.73 Å². The van der Waals surface area contributed by atoms with Crippen LogP contribution in [0.25, 0.3) is 0 Å². The van der Waals surface area contributed by atoms with Crippen LogP contribution in [0, 0.1) is 11.3 Å². The third-order valence-corrected chi connectivity index (χ3v) is 3.19. The first-order chi connectivity index (χ1) is 7.52. The molecule has 0 bridgehead atoms. The van der Waals surface area contributed by atoms with Crippen molar-refractivity contribution in [1.29, 1.82) is 5.26 Å². The molecule has 0 aromatic carbocycles. The Balaban J connectivity index is 2.68. The van der Waals surface area contributed by atoms with E-state index in [1.165, 1.54) is 11.3 Å². The SMILES string of the molecule is CC(C)N(CC(N)=O)Cc1ccc(C#N)s1. The minimum atomic E-state index is -0.328. The second kappa shape index (κ2) is 5.64. The van der Waals surface area contributed by atoms with Gasteiger partial charge in [-0.05, 0) is 26.0 Å². The highest BCUT2D eigenvalue weighted by molar-refractivity contribution is 7.12. The molecule has 0 aliphatic carbocycles. The van der Waals surface area contributed by atoms with Crippen molar-refractivity contribution in [1.82, 2.24) is 4.90 Å². The number of carbonyl (C=O) groups excluding carboxylic acids is 1. The number of amides is 1. The summed E-state index contributed by atoms with van der Waals surface area (Å²) in [6, 6.07) is 6.06. The van der Waals surface area contributed by atoms with Gasteiger partial charge in [0.2, 0.25) is 5.91 Å². The van der Waals surface area contributed by atoms with Gasteiger partial charge in [0.25, 0.3) is 0 Å². The van der Waals surface area contributed by atoms with E-state index < -0.39 is 0 Å². The standard InChI is InChI=1S/C11H15N3OS/c1-8(2)14(7-11(13)15)6-10-4-3-9(5-12)16-10/h3-4,8H,6-7H2,1-2H3,(H2,13,15). The Kier molecular flexibility index (Phi) is 4.47. The highest BCUT2D eigenvalue weighted by Gasteiger charge is 2.13. The largest absolute Gasteiger partial charge is 0.369 e. The topological polar surface area (TPSA) is 70.1 Å². The van der Waals surface area contributed by atoms with Gasteiger partial charge in [0.15, 0.2) is 0 Å². The summed E-state index contributed by atoms with van der Waals surface area (Å²) in [6.45, 7) is 4.94. The van der Waals surface area contributed by atoms with E-state index >= 15 is 0 Å². The lowest BCUT2D eigenvalue weighted by Crippen LogP contribution is -2.37. The molecule has 1 heterocycles. The Morgan fingerprint density at radius 3 is 2.75 bits per heavy atom. The first-order valence-corrected chi connectivity index (χ1v) is 5.85. The number of primary amides is 1. The predicted octanol–water partition coefficient (Wildman–Crippen LogP) is 1.32. The molecule has 0 aliphatic rings. The molecule has 0 spiro atoms. The Labute approximate surface area is 99.3 Å². The number of nitrogens with two attached hydrogens (primary N) is 1.